The zero-order valence-electron chi connectivity index (χ0n) is 12.0. The lowest BCUT2D eigenvalue weighted by molar-refractivity contribution is -0.150. The van der Waals surface area contributed by atoms with Gasteiger partial charge >= 0.3 is 5.97 Å². The van der Waals surface area contributed by atoms with Gasteiger partial charge in [-0.25, -0.2) is 0 Å². The third-order valence-electron chi connectivity index (χ3n) is 5.23. The number of carbonyl (C=O) groups excluding carboxylic acids is 1. The molecule has 110 valence electrons. The Morgan fingerprint density at radius 2 is 1.85 bits per heavy atom. The van der Waals surface area contributed by atoms with Crippen molar-refractivity contribution < 1.29 is 14.7 Å². The fourth-order valence-corrected chi connectivity index (χ4v) is 4.07. The number of likely N-dealkylation sites (tertiary alicyclic amines) is 1. The zero-order valence-corrected chi connectivity index (χ0v) is 12.0. The number of nitrogens with zero attached hydrogens (tertiary/aromatic N) is 2. The molecule has 3 aliphatic rings. The predicted molar refractivity (Wildman–Crippen MR) is 74.0 cm³/mol. The number of hydrogen-bond donors (Lipinski definition) is 1. The van der Waals surface area contributed by atoms with Crippen LogP contribution >= 0.6 is 0 Å². The van der Waals surface area contributed by atoms with Gasteiger partial charge in [-0.2, -0.15) is 0 Å². The molecule has 1 saturated carbocycles. The van der Waals surface area contributed by atoms with Crippen LogP contribution in [0.3, 0.4) is 0 Å². The van der Waals surface area contributed by atoms with Crippen molar-refractivity contribution in [1.82, 2.24) is 9.80 Å². The van der Waals surface area contributed by atoms with Crippen molar-refractivity contribution >= 4 is 11.9 Å². The number of rotatable bonds is 3. The van der Waals surface area contributed by atoms with Crippen molar-refractivity contribution in [3.05, 3.63) is 12.2 Å². The molecule has 0 radical (unpaired) electrons. The number of amides is 1. The molecule has 20 heavy (non-hydrogen) atoms. The predicted octanol–water partition coefficient (Wildman–Crippen LogP) is 0.672. The van der Waals surface area contributed by atoms with Crippen LogP contribution in [-0.2, 0) is 9.59 Å². The summed E-state index contributed by atoms with van der Waals surface area (Å²) in [5.74, 6) is -1.44. The van der Waals surface area contributed by atoms with E-state index in [0.29, 0.717) is 6.04 Å². The highest BCUT2D eigenvalue weighted by atomic mass is 16.4. The molecule has 0 aromatic carbocycles. The number of allylic oxidation sites excluding steroid dienone is 2. The highest BCUT2D eigenvalue weighted by molar-refractivity contribution is 5.87. The van der Waals surface area contributed by atoms with Gasteiger partial charge in [-0.1, -0.05) is 12.2 Å². The van der Waals surface area contributed by atoms with Gasteiger partial charge in [0.2, 0.25) is 5.91 Å². The zero-order chi connectivity index (χ0) is 14.4. The first-order valence-corrected chi connectivity index (χ1v) is 7.35. The maximum absolute atomic E-state index is 12.7. The Kier molecular flexibility index (Phi) is 3.32. The minimum Gasteiger partial charge on any atom is -0.481 e. The monoisotopic (exact) mass is 278 g/mol. The van der Waals surface area contributed by atoms with Gasteiger partial charge in [0.25, 0.3) is 0 Å². The Hall–Kier alpha value is -1.36. The molecule has 0 aromatic heterocycles. The Morgan fingerprint density at radius 3 is 2.40 bits per heavy atom. The third kappa shape index (κ3) is 2.04. The van der Waals surface area contributed by atoms with Crippen molar-refractivity contribution in [2.75, 3.05) is 27.2 Å². The summed E-state index contributed by atoms with van der Waals surface area (Å²) in [6.07, 6.45) is 5.84. The second-order valence-corrected chi connectivity index (χ2v) is 6.53. The first-order valence-electron chi connectivity index (χ1n) is 7.35. The molecule has 1 heterocycles. The van der Waals surface area contributed by atoms with E-state index in [2.05, 4.69) is 4.90 Å². The lowest BCUT2D eigenvalue weighted by atomic mass is 9.82. The molecule has 0 aromatic rings. The van der Waals surface area contributed by atoms with Gasteiger partial charge in [-0.05, 0) is 38.8 Å². The van der Waals surface area contributed by atoms with E-state index in [1.807, 2.05) is 31.1 Å². The molecule has 2 fully saturated rings. The van der Waals surface area contributed by atoms with Crippen LogP contribution in [0.2, 0.25) is 0 Å². The summed E-state index contributed by atoms with van der Waals surface area (Å²) in [5.41, 5.74) is 0. The highest BCUT2D eigenvalue weighted by Crippen LogP contribution is 2.49. The second-order valence-electron chi connectivity index (χ2n) is 6.53. The molecule has 1 saturated heterocycles. The van der Waals surface area contributed by atoms with Crippen LogP contribution in [0, 0.1) is 23.7 Å². The largest absolute Gasteiger partial charge is 0.481 e. The summed E-state index contributed by atoms with van der Waals surface area (Å²) < 4.78 is 0. The standard InChI is InChI=1S/C15H22N2O3/c1-16(2)11-5-6-17(8-11)14(18)12-9-3-4-10(7-9)13(12)15(19)20/h3-4,9-13H,5-8H2,1-2H3,(H,19,20)/t9?,10?,11?,12-,13+/m0/s1. The van der Waals surface area contributed by atoms with E-state index in [-0.39, 0.29) is 23.7 Å². The fraction of sp³-hybridized carbons (Fsp3) is 0.733. The van der Waals surface area contributed by atoms with Crippen LogP contribution < -0.4 is 0 Å². The van der Waals surface area contributed by atoms with Crippen LogP contribution in [0.1, 0.15) is 12.8 Å². The molecule has 1 N–H and O–H groups in total. The van der Waals surface area contributed by atoms with Gasteiger partial charge in [0.05, 0.1) is 11.8 Å². The average molecular weight is 278 g/mol. The Labute approximate surface area is 119 Å². The van der Waals surface area contributed by atoms with E-state index in [1.54, 1.807) is 0 Å². The molecule has 0 spiro atoms. The summed E-state index contributed by atoms with van der Waals surface area (Å²) >= 11 is 0. The van der Waals surface area contributed by atoms with Crippen molar-refractivity contribution in [3.8, 4) is 0 Å². The highest BCUT2D eigenvalue weighted by Gasteiger charge is 2.53. The number of carboxylic acid groups (broad SMARTS) is 1. The number of fused-ring (bicyclic) bond motifs is 2. The third-order valence-corrected chi connectivity index (χ3v) is 5.23. The number of aliphatic carboxylic acids is 1. The molecule has 5 nitrogen and oxygen atoms in total. The summed E-state index contributed by atoms with van der Waals surface area (Å²) in [6, 6.07) is 0.399. The molecule has 3 unspecified atom stereocenters. The molecular weight excluding hydrogens is 256 g/mol. The number of likely N-dealkylation sites (N-methyl/N-ethyl adjacent to an activating group) is 1. The van der Waals surface area contributed by atoms with Crippen LogP contribution in [-0.4, -0.2) is 60.0 Å². The first kappa shape index (κ1) is 13.6. The molecule has 5 heteroatoms. The lowest BCUT2D eigenvalue weighted by Gasteiger charge is -2.29. The lowest BCUT2D eigenvalue weighted by Crippen LogP contribution is -2.43. The minimum absolute atomic E-state index is 0.0543. The number of carboxylic acids is 1. The van der Waals surface area contributed by atoms with Gasteiger partial charge in [-0.3, -0.25) is 9.59 Å². The van der Waals surface area contributed by atoms with Gasteiger partial charge in [0.1, 0.15) is 0 Å². The number of hydrogen-bond acceptors (Lipinski definition) is 3. The summed E-state index contributed by atoms with van der Waals surface area (Å²) in [7, 11) is 4.05. The second kappa shape index (κ2) is 4.88. The summed E-state index contributed by atoms with van der Waals surface area (Å²) in [4.78, 5) is 28.2. The Morgan fingerprint density at radius 1 is 1.20 bits per heavy atom. The minimum atomic E-state index is -0.816. The SMILES string of the molecule is CN(C)C1CCN(C(=O)[C@H]2C3C=CC(C3)[C@H]2C(=O)O)C1. The molecule has 2 aliphatic carbocycles. The van der Waals surface area contributed by atoms with E-state index in [9.17, 15) is 14.7 Å². The van der Waals surface area contributed by atoms with Gasteiger partial charge < -0.3 is 14.9 Å². The van der Waals surface area contributed by atoms with Crippen molar-refractivity contribution in [1.29, 1.82) is 0 Å². The maximum atomic E-state index is 12.7. The first-order chi connectivity index (χ1) is 9.49. The molecule has 1 aliphatic heterocycles. The summed E-state index contributed by atoms with van der Waals surface area (Å²) in [6.45, 7) is 1.49. The van der Waals surface area contributed by atoms with Crippen LogP contribution in [0.25, 0.3) is 0 Å². The Bertz CT molecular complexity index is 460. The summed E-state index contributed by atoms with van der Waals surface area (Å²) in [5, 5.41) is 9.42. The Balaban J connectivity index is 1.74. The van der Waals surface area contributed by atoms with Gasteiger partial charge in [0, 0.05) is 19.1 Å². The van der Waals surface area contributed by atoms with E-state index in [4.69, 9.17) is 0 Å². The normalized spacial score (nSPS) is 39.0. The average Bonchev–Trinajstić information content (AvgIpc) is 3.11. The molecular formula is C15H22N2O3. The van der Waals surface area contributed by atoms with Gasteiger partial charge in [-0.15, -0.1) is 0 Å². The topological polar surface area (TPSA) is 60.9 Å². The van der Waals surface area contributed by atoms with Gasteiger partial charge in [0.15, 0.2) is 0 Å². The molecule has 3 rings (SSSR count). The maximum Gasteiger partial charge on any atom is 0.307 e. The van der Waals surface area contributed by atoms with Crippen LogP contribution in [0.5, 0.6) is 0 Å². The van der Waals surface area contributed by atoms with Crippen LogP contribution in [0.15, 0.2) is 12.2 Å². The van der Waals surface area contributed by atoms with E-state index >= 15 is 0 Å². The van der Waals surface area contributed by atoms with Crippen LogP contribution in [0.4, 0.5) is 0 Å². The van der Waals surface area contributed by atoms with E-state index in [1.165, 1.54) is 0 Å². The molecule has 2 bridgehead atoms. The fourth-order valence-electron chi connectivity index (χ4n) is 4.07. The smallest absolute Gasteiger partial charge is 0.307 e. The molecule has 5 atom stereocenters. The van der Waals surface area contributed by atoms with Crippen molar-refractivity contribution in [2.45, 2.75) is 18.9 Å². The van der Waals surface area contributed by atoms with Crippen molar-refractivity contribution in [3.63, 3.8) is 0 Å². The quantitative estimate of drug-likeness (QED) is 0.771. The van der Waals surface area contributed by atoms with E-state index in [0.717, 1.165) is 25.9 Å². The number of carbonyl (C=O) groups is 2. The molecule has 1 amide bonds. The van der Waals surface area contributed by atoms with E-state index < -0.39 is 11.9 Å². The van der Waals surface area contributed by atoms with Crippen molar-refractivity contribution in [2.24, 2.45) is 23.7 Å².